The molecule has 196 valence electrons. The lowest BCUT2D eigenvalue weighted by molar-refractivity contribution is 0.0893. The summed E-state index contributed by atoms with van der Waals surface area (Å²) in [5, 5.41) is 30.7. The first-order valence-electron chi connectivity index (χ1n) is 12.9. The molecule has 0 spiro atoms. The van der Waals surface area contributed by atoms with E-state index in [0.29, 0.717) is 25.7 Å². The van der Waals surface area contributed by atoms with Gasteiger partial charge in [-0.05, 0) is 81.1 Å². The lowest BCUT2D eigenvalue weighted by Crippen LogP contribution is -2.65. The molecular weight excluding hydrogens is 430 g/mol. The van der Waals surface area contributed by atoms with E-state index in [-0.39, 0.29) is 47.5 Å². The summed E-state index contributed by atoms with van der Waals surface area (Å²) in [6.45, 7) is 19.5. The number of guanidine groups is 2. The van der Waals surface area contributed by atoms with E-state index in [2.05, 4.69) is 81.1 Å². The number of rotatable bonds is 6. The first kappa shape index (κ1) is 27.2. The SMILES string of the molecule is CC1(C)CC(N(CCO)C2=NCNC(N(CCO)C3CC(C)(C)NC(C)(C)C3)=N2)CC(C)(C)N1. The number of nitrogens with zero attached hydrogens (tertiary/aromatic N) is 4. The summed E-state index contributed by atoms with van der Waals surface area (Å²) in [7, 11) is 0. The third-order valence-electron chi connectivity index (χ3n) is 7.09. The predicted octanol–water partition coefficient (Wildman–Crippen LogP) is 1.47. The van der Waals surface area contributed by atoms with Crippen molar-refractivity contribution in [2.45, 2.75) is 115 Å². The molecule has 0 saturated carbocycles. The topological polar surface area (TPSA) is 108 Å². The van der Waals surface area contributed by atoms with Crippen LogP contribution in [0.25, 0.3) is 0 Å². The van der Waals surface area contributed by atoms with Gasteiger partial charge in [0.1, 0.15) is 6.67 Å². The van der Waals surface area contributed by atoms with Gasteiger partial charge in [0.05, 0.1) is 13.2 Å². The van der Waals surface area contributed by atoms with Crippen LogP contribution in [0.15, 0.2) is 9.98 Å². The number of hydrogen-bond donors (Lipinski definition) is 5. The summed E-state index contributed by atoms with van der Waals surface area (Å²) < 4.78 is 0. The van der Waals surface area contributed by atoms with Crippen LogP contribution in [0.3, 0.4) is 0 Å². The molecule has 0 aromatic heterocycles. The fraction of sp³-hybridized carbons (Fsp3) is 0.920. The molecule has 2 fully saturated rings. The molecule has 3 rings (SSSR count). The highest BCUT2D eigenvalue weighted by Crippen LogP contribution is 2.33. The van der Waals surface area contributed by atoms with Crippen LogP contribution in [0.4, 0.5) is 0 Å². The maximum absolute atomic E-state index is 9.92. The molecule has 2 saturated heterocycles. The van der Waals surface area contributed by atoms with Gasteiger partial charge in [0.15, 0.2) is 0 Å². The highest BCUT2D eigenvalue weighted by molar-refractivity contribution is 5.96. The first-order valence-corrected chi connectivity index (χ1v) is 12.9. The van der Waals surface area contributed by atoms with E-state index in [1.165, 1.54) is 0 Å². The zero-order valence-corrected chi connectivity index (χ0v) is 22.7. The average Bonchev–Trinajstić information content (AvgIpc) is 2.65. The van der Waals surface area contributed by atoms with Gasteiger partial charge in [-0.3, -0.25) is 0 Å². The number of aliphatic imine (C=N–C) groups is 2. The van der Waals surface area contributed by atoms with Gasteiger partial charge < -0.3 is 36.0 Å². The van der Waals surface area contributed by atoms with Crippen molar-refractivity contribution in [1.29, 1.82) is 0 Å². The van der Waals surface area contributed by atoms with E-state index < -0.39 is 0 Å². The third-order valence-corrected chi connectivity index (χ3v) is 7.09. The monoisotopic (exact) mass is 479 g/mol. The van der Waals surface area contributed by atoms with Gasteiger partial charge in [0, 0.05) is 47.3 Å². The Morgan fingerprint density at radius 2 is 1.15 bits per heavy atom. The molecular formula is C25H49N7O2. The van der Waals surface area contributed by atoms with Crippen molar-refractivity contribution in [2.24, 2.45) is 9.98 Å². The molecule has 5 N–H and O–H groups in total. The highest BCUT2D eigenvalue weighted by Gasteiger charge is 2.43. The Morgan fingerprint density at radius 3 is 1.59 bits per heavy atom. The van der Waals surface area contributed by atoms with E-state index in [4.69, 9.17) is 9.98 Å². The number of aliphatic hydroxyl groups is 2. The summed E-state index contributed by atoms with van der Waals surface area (Å²) >= 11 is 0. The molecule has 0 bridgehead atoms. The molecule has 9 heteroatoms. The minimum absolute atomic E-state index is 0.0124. The molecule has 34 heavy (non-hydrogen) atoms. The van der Waals surface area contributed by atoms with Crippen molar-refractivity contribution in [3.63, 3.8) is 0 Å². The smallest absolute Gasteiger partial charge is 0.226 e. The fourth-order valence-corrected chi connectivity index (χ4v) is 6.77. The van der Waals surface area contributed by atoms with Crippen LogP contribution in [0.2, 0.25) is 0 Å². The van der Waals surface area contributed by atoms with Gasteiger partial charge in [-0.15, -0.1) is 0 Å². The second-order valence-corrected chi connectivity index (χ2v) is 13.0. The van der Waals surface area contributed by atoms with Crippen molar-refractivity contribution in [2.75, 3.05) is 33.0 Å². The summed E-state index contributed by atoms with van der Waals surface area (Å²) in [4.78, 5) is 14.2. The predicted molar refractivity (Wildman–Crippen MR) is 139 cm³/mol. The van der Waals surface area contributed by atoms with Crippen LogP contribution in [0, 0.1) is 0 Å². The molecule has 0 aliphatic carbocycles. The van der Waals surface area contributed by atoms with Gasteiger partial charge in [-0.1, -0.05) is 0 Å². The van der Waals surface area contributed by atoms with E-state index in [9.17, 15) is 10.2 Å². The van der Waals surface area contributed by atoms with Crippen molar-refractivity contribution in [3.05, 3.63) is 0 Å². The lowest BCUT2D eigenvalue weighted by Gasteiger charge is -2.51. The van der Waals surface area contributed by atoms with E-state index in [1.54, 1.807) is 0 Å². The molecule has 0 radical (unpaired) electrons. The molecule has 3 aliphatic heterocycles. The van der Waals surface area contributed by atoms with Crippen molar-refractivity contribution < 1.29 is 10.2 Å². The zero-order valence-electron chi connectivity index (χ0n) is 22.7. The Morgan fingerprint density at radius 1 is 0.735 bits per heavy atom. The van der Waals surface area contributed by atoms with Crippen LogP contribution in [-0.2, 0) is 0 Å². The van der Waals surface area contributed by atoms with Gasteiger partial charge in [0.25, 0.3) is 0 Å². The van der Waals surface area contributed by atoms with E-state index >= 15 is 0 Å². The number of aliphatic hydroxyl groups excluding tert-OH is 2. The Hall–Kier alpha value is -1.42. The van der Waals surface area contributed by atoms with Gasteiger partial charge in [-0.2, -0.15) is 4.99 Å². The fourth-order valence-electron chi connectivity index (χ4n) is 6.77. The standard InChI is InChI=1S/C25H49N7O2/c1-22(2)13-18(14-23(3,4)29-22)31(9-11-33)20-26-17-27-21(28-20)32(10-12-34)19-15-24(5,6)30-25(7,8)16-19/h18-19,29-30,33-34H,9-17H2,1-8H3,(H,26,27,28). The highest BCUT2D eigenvalue weighted by atomic mass is 16.3. The summed E-state index contributed by atoms with van der Waals surface area (Å²) in [6, 6.07) is 0.468. The number of piperidine rings is 2. The van der Waals surface area contributed by atoms with Crippen LogP contribution in [0.5, 0.6) is 0 Å². The zero-order chi connectivity index (χ0) is 25.4. The maximum Gasteiger partial charge on any atom is 0.226 e. The van der Waals surface area contributed by atoms with Crippen LogP contribution in [-0.4, -0.2) is 99.1 Å². The van der Waals surface area contributed by atoms with E-state index in [0.717, 1.165) is 31.6 Å². The van der Waals surface area contributed by atoms with Crippen molar-refractivity contribution in [3.8, 4) is 0 Å². The Balaban J connectivity index is 1.89. The molecule has 0 unspecified atom stereocenters. The molecule has 9 nitrogen and oxygen atoms in total. The quantitative estimate of drug-likeness (QED) is 0.393. The minimum atomic E-state index is -0.0185. The maximum atomic E-state index is 9.92. The Labute approximate surface area is 206 Å². The lowest BCUT2D eigenvalue weighted by atomic mass is 9.79. The Bertz CT molecular complexity index is 743. The first-order chi connectivity index (χ1) is 15.7. The van der Waals surface area contributed by atoms with E-state index in [1.807, 2.05) is 0 Å². The Kier molecular flexibility index (Phi) is 7.92. The van der Waals surface area contributed by atoms with Crippen LogP contribution in [0.1, 0.15) is 81.1 Å². The molecule has 0 atom stereocenters. The number of hydrogen-bond acceptors (Lipinski definition) is 9. The molecule has 0 aromatic rings. The van der Waals surface area contributed by atoms with Crippen LogP contribution < -0.4 is 16.0 Å². The number of nitrogens with one attached hydrogen (secondary N) is 3. The minimum Gasteiger partial charge on any atom is -0.395 e. The molecule has 3 heterocycles. The third kappa shape index (κ3) is 6.83. The molecule has 0 aromatic carbocycles. The summed E-state index contributed by atoms with van der Waals surface area (Å²) in [5.74, 6) is 1.45. The molecule has 0 amide bonds. The van der Waals surface area contributed by atoms with Crippen LogP contribution >= 0.6 is 0 Å². The molecule has 3 aliphatic rings. The van der Waals surface area contributed by atoms with Gasteiger partial charge >= 0.3 is 0 Å². The van der Waals surface area contributed by atoms with Crippen molar-refractivity contribution >= 4 is 11.9 Å². The average molecular weight is 480 g/mol. The van der Waals surface area contributed by atoms with Crippen molar-refractivity contribution in [1.82, 2.24) is 25.8 Å². The van der Waals surface area contributed by atoms with Gasteiger partial charge in [-0.25, -0.2) is 4.99 Å². The largest absolute Gasteiger partial charge is 0.395 e. The summed E-state index contributed by atoms with van der Waals surface area (Å²) in [5.41, 5.74) is -0.0619. The normalized spacial score (nSPS) is 26.3. The summed E-state index contributed by atoms with van der Waals surface area (Å²) in [6.07, 6.45) is 3.82. The second-order valence-electron chi connectivity index (χ2n) is 13.0. The van der Waals surface area contributed by atoms with Gasteiger partial charge in [0.2, 0.25) is 11.9 Å². The second kappa shape index (κ2) is 9.91.